The average molecular weight is 419 g/mol. The zero-order chi connectivity index (χ0) is 20.9. The molecule has 2 saturated carbocycles. The third-order valence-corrected chi connectivity index (χ3v) is 7.65. The molecule has 4 rings (SSSR count). The summed E-state index contributed by atoms with van der Waals surface area (Å²) >= 11 is 0. The van der Waals surface area contributed by atoms with Gasteiger partial charge in [-0.2, -0.15) is 0 Å². The molecule has 0 aromatic heterocycles. The zero-order valence-corrected chi connectivity index (χ0v) is 18.2. The van der Waals surface area contributed by atoms with E-state index >= 15 is 0 Å². The van der Waals surface area contributed by atoms with E-state index in [-0.39, 0.29) is 6.29 Å². The summed E-state index contributed by atoms with van der Waals surface area (Å²) in [4.78, 5) is 0. The Morgan fingerprint density at radius 1 is 0.833 bits per heavy atom. The van der Waals surface area contributed by atoms with Crippen LogP contribution in [0.25, 0.3) is 0 Å². The van der Waals surface area contributed by atoms with Gasteiger partial charge in [-0.3, -0.25) is 0 Å². The molecule has 3 aliphatic rings. The van der Waals surface area contributed by atoms with Gasteiger partial charge in [0.25, 0.3) is 0 Å². The van der Waals surface area contributed by atoms with Crippen LogP contribution in [-0.2, 0) is 9.47 Å². The molecule has 30 heavy (non-hydrogen) atoms. The molecule has 1 aromatic rings. The Bertz CT molecular complexity index is 695. The minimum Gasteiger partial charge on any atom is -0.352 e. The average Bonchev–Trinajstić information content (AvgIpc) is 2.80. The van der Waals surface area contributed by atoms with Crippen molar-refractivity contribution in [1.29, 1.82) is 0 Å². The van der Waals surface area contributed by atoms with Gasteiger partial charge in [0.2, 0.25) is 0 Å². The minimum absolute atomic E-state index is 0.0127. The number of halogens is 2. The standard InChI is InChI=1S/C26H36F2O2/c1-2-3-4-18-16-29-26(30-17-18)22-11-9-20(10-12-22)19-5-7-21(8-6-19)23-13-14-24(27)25(28)15-23/h3-4,13-15,18-22,26H,2,5-12,16-17H2,1H3/b4-3+. The van der Waals surface area contributed by atoms with Gasteiger partial charge in [-0.15, -0.1) is 0 Å². The molecule has 1 heterocycles. The second-order valence-corrected chi connectivity index (χ2v) is 9.59. The number of hydrogen-bond acceptors (Lipinski definition) is 2. The van der Waals surface area contributed by atoms with Crippen molar-refractivity contribution >= 4 is 0 Å². The van der Waals surface area contributed by atoms with Gasteiger partial charge in [0, 0.05) is 11.8 Å². The monoisotopic (exact) mass is 418 g/mol. The molecule has 0 N–H and O–H groups in total. The molecule has 0 unspecified atom stereocenters. The molecule has 2 aliphatic carbocycles. The van der Waals surface area contributed by atoms with Crippen LogP contribution in [0.5, 0.6) is 0 Å². The first-order chi connectivity index (χ1) is 14.6. The molecule has 3 fully saturated rings. The lowest BCUT2D eigenvalue weighted by Gasteiger charge is -2.41. The first-order valence-electron chi connectivity index (χ1n) is 12.0. The maximum Gasteiger partial charge on any atom is 0.160 e. The molecule has 166 valence electrons. The summed E-state index contributed by atoms with van der Waals surface area (Å²) < 4.78 is 38.9. The number of benzene rings is 1. The largest absolute Gasteiger partial charge is 0.352 e. The molecule has 1 saturated heterocycles. The summed E-state index contributed by atoms with van der Waals surface area (Å²) in [5, 5.41) is 0. The van der Waals surface area contributed by atoms with Crippen LogP contribution in [0, 0.1) is 35.3 Å². The van der Waals surface area contributed by atoms with Crippen molar-refractivity contribution < 1.29 is 18.3 Å². The molecule has 0 bridgehead atoms. The first kappa shape index (κ1) is 22.0. The summed E-state index contributed by atoms with van der Waals surface area (Å²) in [5.41, 5.74) is 0.967. The van der Waals surface area contributed by atoms with Crippen molar-refractivity contribution in [2.75, 3.05) is 13.2 Å². The van der Waals surface area contributed by atoms with Crippen LogP contribution in [-0.4, -0.2) is 19.5 Å². The zero-order valence-electron chi connectivity index (χ0n) is 18.2. The van der Waals surface area contributed by atoms with Crippen LogP contribution in [0.4, 0.5) is 8.78 Å². The van der Waals surface area contributed by atoms with Crippen molar-refractivity contribution in [3.8, 4) is 0 Å². The maximum atomic E-state index is 13.6. The molecule has 0 radical (unpaired) electrons. The second-order valence-electron chi connectivity index (χ2n) is 9.59. The molecule has 1 aliphatic heterocycles. The van der Waals surface area contributed by atoms with Crippen molar-refractivity contribution in [2.45, 2.75) is 76.9 Å². The SMILES string of the molecule is CC/C=C/C1COC(C2CCC(C3CCC(c4ccc(F)c(F)c4)CC3)CC2)OC1. The Kier molecular flexibility index (Phi) is 7.59. The topological polar surface area (TPSA) is 18.5 Å². The van der Waals surface area contributed by atoms with Crippen molar-refractivity contribution in [3.05, 3.63) is 47.5 Å². The quantitative estimate of drug-likeness (QED) is 0.479. The van der Waals surface area contributed by atoms with Crippen molar-refractivity contribution in [2.24, 2.45) is 23.7 Å². The van der Waals surface area contributed by atoms with Gasteiger partial charge in [0.05, 0.1) is 13.2 Å². The van der Waals surface area contributed by atoms with E-state index in [9.17, 15) is 8.78 Å². The van der Waals surface area contributed by atoms with Gasteiger partial charge in [-0.25, -0.2) is 8.78 Å². The fraction of sp³-hybridized carbons (Fsp3) is 0.692. The molecule has 4 heteroatoms. The van der Waals surface area contributed by atoms with E-state index in [1.807, 2.05) is 0 Å². The smallest absolute Gasteiger partial charge is 0.160 e. The summed E-state index contributed by atoms with van der Waals surface area (Å²) in [7, 11) is 0. The van der Waals surface area contributed by atoms with E-state index in [1.165, 1.54) is 50.7 Å². The fourth-order valence-electron chi connectivity index (χ4n) is 5.82. The second kappa shape index (κ2) is 10.4. The summed E-state index contributed by atoms with van der Waals surface area (Å²) in [6.45, 7) is 3.72. The number of rotatable bonds is 5. The predicted molar refractivity (Wildman–Crippen MR) is 115 cm³/mol. The van der Waals surface area contributed by atoms with Crippen LogP contribution in [0.15, 0.2) is 30.4 Å². The summed E-state index contributed by atoms with van der Waals surface area (Å²) in [6, 6.07) is 4.44. The first-order valence-corrected chi connectivity index (χ1v) is 12.0. The third kappa shape index (κ3) is 5.31. The van der Waals surface area contributed by atoms with Gasteiger partial charge in [-0.1, -0.05) is 25.1 Å². The Balaban J connectivity index is 1.20. The molecular weight excluding hydrogens is 382 g/mol. The molecule has 0 spiro atoms. The van der Waals surface area contributed by atoms with Crippen LogP contribution in [0.1, 0.15) is 76.2 Å². The van der Waals surface area contributed by atoms with E-state index in [2.05, 4.69) is 19.1 Å². The molecule has 0 amide bonds. The highest BCUT2D eigenvalue weighted by Gasteiger charge is 2.35. The van der Waals surface area contributed by atoms with Gasteiger partial charge in [0.15, 0.2) is 17.9 Å². The van der Waals surface area contributed by atoms with Gasteiger partial charge in [0.1, 0.15) is 0 Å². The highest BCUT2D eigenvalue weighted by molar-refractivity contribution is 5.22. The van der Waals surface area contributed by atoms with Crippen molar-refractivity contribution in [3.63, 3.8) is 0 Å². The molecule has 0 atom stereocenters. The molecule has 2 nitrogen and oxygen atoms in total. The molecular formula is C26H36F2O2. The van der Waals surface area contributed by atoms with Crippen LogP contribution < -0.4 is 0 Å². The summed E-state index contributed by atoms with van der Waals surface area (Å²) in [6.07, 6.45) is 15.0. The Morgan fingerprint density at radius 3 is 2.03 bits per heavy atom. The molecule has 1 aromatic carbocycles. The lowest BCUT2D eigenvalue weighted by atomic mass is 9.68. The van der Waals surface area contributed by atoms with E-state index in [0.29, 0.717) is 17.8 Å². The van der Waals surface area contributed by atoms with Gasteiger partial charge in [-0.05, 0) is 93.2 Å². The Labute approximate surface area is 180 Å². The Morgan fingerprint density at radius 2 is 1.43 bits per heavy atom. The normalized spacial score (nSPS) is 35.6. The lowest BCUT2D eigenvalue weighted by Crippen LogP contribution is -2.38. The van der Waals surface area contributed by atoms with Crippen LogP contribution in [0.2, 0.25) is 0 Å². The number of allylic oxidation sites excluding steroid dienone is 1. The highest BCUT2D eigenvalue weighted by atomic mass is 19.2. The van der Waals surface area contributed by atoms with E-state index in [0.717, 1.165) is 49.9 Å². The van der Waals surface area contributed by atoms with E-state index in [4.69, 9.17) is 9.47 Å². The predicted octanol–water partition coefficient (Wildman–Crippen LogP) is 7.00. The number of hydrogen-bond donors (Lipinski definition) is 0. The maximum absolute atomic E-state index is 13.6. The minimum atomic E-state index is -0.747. The van der Waals surface area contributed by atoms with Crippen LogP contribution in [0.3, 0.4) is 0 Å². The van der Waals surface area contributed by atoms with Crippen molar-refractivity contribution in [1.82, 2.24) is 0 Å². The number of ether oxygens (including phenoxy) is 2. The fourth-order valence-corrected chi connectivity index (χ4v) is 5.82. The third-order valence-electron chi connectivity index (χ3n) is 7.65. The van der Waals surface area contributed by atoms with Gasteiger partial charge < -0.3 is 9.47 Å². The summed E-state index contributed by atoms with van der Waals surface area (Å²) in [5.74, 6) is 1.45. The Hall–Kier alpha value is -1.26. The highest BCUT2D eigenvalue weighted by Crippen LogP contribution is 2.45. The van der Waals surface area contributed by atoms with E-state index < -0.39 is 11.6 Å². The van der Waals surface area contributed by atoms with Crippen LogP contribution >= 0.6 is 0 Å². The lowest BCUT2D eigenvalue weighted by molar-refractivity contribution is -0.223. The van der Waals surface area contributed by atoms with E-state index in [1.54, 1.807) is 6.07 Å². The van der Waals surface area contributed by atoms with Gasteiger partial charge >= 0.3 is 0 Å².